The van der Waals surface area contributed by atoms with E-state index in [1.807, 2.05) is 30.5 Å². The van der Waals surface area contributed by atoms with Crippen LogP contribution in [0.2, 0.25) is 5.02 Å². The smallest absolute Gasteiger partial charge is 0.145 e. The summed E-state index contributed by atoms with van der Waals surface area (Å²) in [5.41, 5.74) is 1.83. The number of nitrogens with zero attached hydrogens (tertiary/aromatic N) is 1. The number of hydrogen-bond donors (Lipinski definition) is 1. The van der Waals surface area contributed by atoms with Crippen molar-refractivity contribution < 1.29 is 4.74 Å². The van der Waals surface area contributed by atoms with E-state index in [2.05, 4.69) is 16.4 Å². The van der Waals surface area contributed by atoms with Gasteiger partial charge in [0, 0.05) is 17.8 Å². The quantitative estimate of drug-likeness (QED) is 0.880. The van der Waals surface area contributed by atoms with Crippen LogP contribution in [0.4, 0.5) is 0 Å². The SMILES string of the molecule is Clc1ccc(Oc2cncc(C3CCC4(CCNC4)C3)c2)cc1. The van der Waals surface area contributed by atoms with Gasteiger partial charge in [-0.25, -0.2) is 0 Å². The largest absolute Gasteiger partial charge is 0.456 e. The van der Waals surface area contributed by atoms with E-state index < -0.39 is 0 Å². The number of ether oxygens (including phenoxy) is 1. The van der Waals surface area contributed by atoms with Crippen LogP contribution in [0.5, 0.6) is 11.5 Å². The lowest BCUT2D eigenvalue weighted by Crippen LogP contribution is -2.20. The van der Waals surface area contributed by atoms with Crippen LogP contribution in [-0.4, -0.2) is 18.1 Å². The maximum atomic E-state index is 5.92. The van der Waals surface area contributed by atoms with Crippen molar-refractivity contribution in [1.29, 1.82) is 0 Å². The zero-order valence-electron chi connectivity index (χ0n) is 13.1. The van der Waals surface area contributed by atoms with Gasteiger partial charge in [-0.2, -0.15) is 0 Å². The second-order valence-electron chi connectivity index (χ2n) is 6.88. The molecule has 3 nitrogen and oxygen atoms in total. The third-order valence-electron chi connectivity index (χ3n) is 5.29. The lowest BCUT2D eigenvalue weighted by atomic mass is 9.84. The van der Waals surface area contributed by atoms with Crippen molar-refractivity contribution >= 4 is 11.6 Å². The van der Waals surface area contributed by atoms with Crippen molar-refractivity contribution in [3.8, 4) is 11.5 Å². The molecule has 0 radical (unpaired) electrons. The Kier molecular flexibility index (Phi) is 4.00. The minimum Gasteiger partial charge on any atom is -0.456 e. The normalized spacial score (nSPS) is 26.7. The fraction of sp³-hybridized carbons (Fsp3) is 0.421. The van der Waals surface area contributed by atoms with E-state index >= 15 is 0 Å². The number of rotatable bonds is 3. The summed E-state index contributed by atoms with van der Waals surface area (Å²) in [7, 11) is 0. The molecule has 2 aliphatic rings. The molecule has 2 fully saturated rings. The van der Waals surface area contributed by atoms with E-state index in [-0.39, 0.29) is 0 Å². The lowest BCUT2D eigenvalue weighted by Gasteiger charge is -2.21. The summed E-state index contributed by atoms with van der Waals surface area (Å²) in [6.07, 6.45) is 8.95. The van der Waals surface area contributed by atoms with Crippen LogP contribution < -0.4 is 10.1 Å². The molecule has 2 heterocycles. The van der Waals surface area contributed by atoms with Crippen LogP contribution in [0.3, 0.4) is 0 Å². The van der Waals surface area contributed by atoms with Gasteiger partial charge in [0.25, 0.3) is 0 Å². The van der Waals surface area contributed by atoms with Gasteiger partial charge in [-0.15, -0.1) is 0 Å². The fourth-order valence-corrected chi connectivity index (χ4v) is 4.15. The zero-order valence-corrected chi connectivity index (χ0v) is 13.9. The summed E-state index contributed by atoms with van der Waals surface area (Å²) in [6, 6.07) is 9.57. The first-order chi connectivity index (χ1) is 11.2. The summed E-state index contributed by atoms with van der Waals surface area (Å²) in [5, 5.41) is 4.24. The highest BCUT2D eigenvalue weighted by Crippen LogP contribution is 2.50. The second kappa shape index (κ2) is 6.14. The van der Waals surface area contributed by atoms with Crippen molar-refractivity contribution in [3.05, 3.63) is 53.3 Å². The minimum atomic E-state index is 0.526. The molecule has 23 heavy (non-hydrogen) atoms. The third-order valence-corrected chi connectivity index (χ3v) is 5.54. The van der Waals surface area contributed by atoms with Crippen LogP contribution in [-0.2, 0) is 0 Å². The summed E-state index contributed by atoms with van der Waals surface area (Å²) < 4.78 is 5.92. The molecule has 2 unspecified atom stereocenters. The first-order valence-electron chi connectivity index (χ1n) is 8.32. The number of halogens is 1. The predicted octanol–water partition coefficient (Wildman–Crippen LogP) is 4.77. The standard InChI is InChI=1S/C19H21ClN2O/c20-16-1-3-17(4-2-16)23-18-9-15(11-22-12-18)14-5-6-19(10-14)7-8-21-13-19/h1-4,9,11-12,14,21H,5-8,10,13H2. The molecule has 1 saturated carbocycles. The molecule has 0 bridgehead atoms. The molecule has 1 N–H and O–H groups in total. The Morgan fingerprint density at radius 2 is 2.00 bits per heavy atom. The molecule has 1 aliphatic carbocycles. The molecular weight excluding hydrogens is 308 g/mol. The highest BCUT2D eigenvalue weighted by Gasteiger charge is 2.41. The van der Waals surface area contributed by atoms with E-state index in [9.17, 15) is 0 Å². The molecule has 4 heteroatoms. The van der Waals surface area contributed by atoms with Crippen molar-refractivity contribution in [2.45, 2.75) is 31.6 Å². The summed E-state index contributed by atoms with van der Waals surface area (Å²) in [5.74, 6) is 2.20. The molecule has 4 rings (SSSR count). The molecule has 1 aromatic heterocycles. The van der Waals surface area contributed by atoms with Gasteiger partial charge in [-0.3, -0.25) is 4.98 Å². The number of benzene rings is 1. The Hall–Kier alpha value is -1.58. The monoisotopic (exact) mass is 328 g/mol. The van der Waals surface area contributed by atoms with Gasteiger partial charge in [-0.05, 0) is 79.5 Å². The second-order valence-corrected chi connectivity index (χ2v) is 7.31. The molecule has 1 spiro atoms. The van der Waals surface area contributed by atoms with Gasteiger partial charge in [0.15, 0.2) is 0 Å². The van der Waals surface area contributed by atoms with Gasteiger partial charge >= 0.3 is 0 Å². The molecule has 2 atom stereocenters. The first kappa shape index (κ1) is 15.0. The molecule has 1 aromatic carbocycles. The van der Waals surface area contributed by atoms with Crippen LogP contribution in [0, 0.1) is 5.41 Å². The average molecular weight is 329 g/mol. The Bertz CT molecular complexity index is 680. The first-order valence-corrected chi connectivity index (χ1v) is 8.69. The van der Waals surface area contributed by atoms with Crippen LogP contribution in [0.1, 0.15) is 37.2 Å². The molecule has 0 amide bonds. The van der Waals surface area contributed by atoms with Crippen LogP contribution in [0.15, 0.2) is 42.7 Å². The number of nitrogens with one attached hydrogen (secondary N) is 1. The summed E-state index contributed by atoms with van der Waals surface area (Å²) >= 11 is 5.91. The van der Waals surface area contributed by atoms with Crippen molar-refractivity contribution in [2.24, 2.45) is 5.41 Å². The molecular formula is C19H21ClN2O. The summed E-state index contributed by atoms with van der Waals surface area (Å²) in [4.78, 5) is 4.39. The van der Waals surface area contributed by atoms with E-state index in [1.165, 1.54) is 44.3 Å². The number of pyridine rings is 1. The maximum Gasteiger partial charge on any atom is 0.145 e. The van der Waals surface area contributed by atoms with Crippen molar-refractivity contribution in [1.82, 2.24) is 10.3 Å². The van der Waals surface area contributed by atoms with E-state index in [0.717, 1.165) is 11.5 Å². The fourth-order valence-electron chi connectivity index (χ4n) is 4.03. The number of aromatic nitrogens is 1. The van der Waals surface area contributed by atoms with E-state index in [1.54, 1.807) is 6.20 Å². The third kappa shape index (κ3) is 3.22. The topological polar surface area (TPSA) is 34.1 Å². The Balaban J connectivity index is 1.49. The van der Waals surface area contributed by atoms with Gasteiger partial charge in [0.05, 0.1) is 6.20 Å². The van der Waals surface area contributed by atoms with Crippen LogP contribution >= 0.6 is 11.6 Å². The van der Waals surface area contributed by atoms with Crippen molar-refractivity contribution in [3.63, 3.8) is 0 Å². The molecule has 1 aliphatic heterocycles. The Morgan fingerprint density at radius 3 is 2.78 bits per heavy atom. The Labute approximate surface area is 142 Å². The van der Waals surface area contributed by atoms with E-state index in [4.69, 9.17) is 16.3 Å². The molecule has 120 valence electrons. The maximum absolute atomic E-state index is 5.92. The lowest BCUT2D eigenvalue weighted by molar-refractivity contribution is 0.331. The Morgan fingerprint density at radius 1 is 1.13 bits per heavy atom. The molecule has 2 aromatic rings. The number of hydrogen-bond acceptors (Lipinski definition) is 3. The van der Waals surface area contributed by atoms with Gasteiger partial charge in [0.2, 0.25) is 0 Å². The van der Waals surface area contributed by atoms with Gasteiger partial charge in [-0.1, -0.05) is 11.6 Å². The predicted molar refractivity (Wildman–Crippen MR) is 92.3 cm³/mol. The molecule has 1 saturated heterocycles. The van der Waals surface area contributed by atoms with Gasteiger partial charge in [0.1, 0.15) is 11.5 Å². The highest BCUT2D eigenvalue weighted by atomic mass is 35.5. The average Bonchev–Trinajstić information content (AvgIpc) is 3.21. The van der Waals surface area contributed by atoms with Gasteiger partial charge < -0.3 is 10.1 Å². The minimum absolute atomic E-state index is 0.526. The summed E-state index contributed by atoms with van der Waals surface area (Å²) in [6.45, 7) is 2.35. The highest BCUT2D eigenvalue weighted by molar-refractivity contribution is 6.30. The van der Waals surface area contributed by atoms with Crippen LogP contribution in [0.25, 0.3) is 0 Å². The zero-order chi connectivity index (χ0) is 15.7. The van der Waals surface area contributed by atoms with E-state index in [0.29, 0.717) is 16.4 Å². The van der Waals surface area contributed by atoms with Crippen molar-refractivity contribution in [2.75, 3.05) is 13.1 Å².